The molecule has 2 N–H and O–H groups in total. The van der Waals surface area contributed by atoms with E-state index in [0.717, 1.165) is 38.6 Å². The lowest BCUT2D eigenvalue weighted by molar-refractivity contribution is 0.0513. The van der Waals surface area contributed by atoms with Crippen LogP contribution < -0.4 is 10.6 Å². The molecule has 28 heavy (non-hydrogen) atoms. The summed E-state index contributed by atoms with van der Waals surface area (Å²) in [6.45, 7) is 8.42. The predicted molar refractivity (Wildman–Crippen MR) is 128 cm³/mol. The maximum Gasteiger partial charge on any atom is 0.191 e. The molecular formula is C22H37IN4O. The monoisotopic (exact) mass is 500 g/mol. The molecule has 0 aromatic heterocycles. The van der Waals surface area contributed by atoms with Gasteiger partial charge in [-0.25, -0.2) is 0 Å². The minimum Gasteiger partial charge on any atom is -0.381 e. The Morgan fingerprint density at radius 3 is 2.46 bits per heavy atom. The van der Waals surface area contributed by atoms with Gasteiger partial charge in [0.15, 0.2) is 5.96 Å². The molecule has 0 bridgehead atoms. The Morgan fingerprint density at radius 1 is 1.18 bits per heavy atom. The average Bonchev–Trinajstić information content (AvgIpc) is 2.74. The number of piperidine rings is 1. The van der Waals surface area contributed by atoms with E-state index in [1.54, 1.807) is 0 Å². The molecule has 3 rings (SSSR count). The molecule has 2 fully saturated rings. The summed E-state index contributed by atoms with van der Waals surface area (Å²) in [6, 6.07) is 11.4. The number of likely N-dealkylation sites (tertiary alicyclic amines) is 1. The zero-order chi connectivity index (χ0) is 19.0. The molecule has 0 spiro atoms. The highest BCUT2D eigenvalue weighted by atomic mass is 127. The van der Waals surface area contributed by atoms with Gasteiger partial charge in [-0.3, -0.25) is 4.99 Å². The summed E-state index contributed by atoms with van der Waals surface area (Å²) in [5, 5.41) is 7.29. The third kappa shape index (κ3) is 6.32. The summed E-state index contributed by atoms with van der Waals surface area (Å²) >= 11 is 0. The number of hydrogen-bond acceptors (Lipinski definition) is 3. The average molecular weight is 500 g/mol. The molecule has 6 heteroatoms. The van der Waals surface area contributed by atoms with Crippen molar-refractivity contribution in [1.29, 1.82) is 0 Å². The molecule has 0 saturated carbocycles. The number of aliphatic imine (C=N–C) groups is 1. The van der Waals surface area contributed by atoms with Crippen LogP contribution in [-0.2, 0) is 10.2 Å². The third-order valence-electron chi connectivity index (χ3n) is 6.12. The number of nitrogens with one attached hydrogen (secondary N) is 2. The largest absolute Gasteiger partial charge is 0.381 e. The van der Waals surface area contributed by atoms with Gasteiger partial charge in [-0.05, 0) is 44.2 Å². The standard InChI is InChI=1S/C22H36N4O.HI/c1-3-13-26-14-9-20(10-15-26)25-21(23-2)24-18-22(11-16-27-17-12-22)19-7-5-4-6-8-19;/h4-8,20H,3,9-18H2,1-2H3,(H2,23,24,25);1H. The van der Waals surface area contributed by atoms with E-state index in [9.17, 15) is 0 Å². The Bertz CT molecular complexity index is 581. The van der Waals surface area contributed by atoms with Gasteiger partial charge >= 0.3 is 0 Å². The van der Waals surface area contributed by atoms with Crippen molar-refractivity contribution in [2.24, 2.45) is 4.99 Å². The van der Waals surface area contributed by atoms with E-state index >= 15 is 0 Å². The fraction of sp³-hybridized carbons (Fsp3) is 0.682. The van der Waals surface area contributed by atoms with Crippen molar-refractivity contribution in [2.75, 3.05) is 46.4 Å². The Kier molecular flexibility index (Phi) is 10.0. The van der Waals surface area contributed by atoms with Crippen LogP contribution in [0.3, 0.4) is 0 Å². The molecule has 2 aliphatic rings. The van der Waals surface area contributed by atoms with Crippen LogP contribution in [0.1, 0.15) is 44.6 Å². The van der Waals surface area contributed by atoms with Gasteiger partial charge in [-0.2, -0.15) is 0 Å². The third-order valence-corrected chi connectivity index (χ3v) is 6.12. The maximum atomic E-state index is 5.65. The van der Waals surface area contributed by atoms with Crippen LogP contribution in [0.5, 0.6) is 0 Å². The number of halogens is 1. The molecule has 0 unspecified atom stereocenters. The molecule has 2 saturated heterocycles. The lowest BCUT2D eigenvalue weighted by atomic mass is 9.74. The van der Waals surface area contributed by atoms with E-state index in [1.165, 1.54) is 44.5 Å². The summed E-state index contributed by atoms with van der Waals surface area (Å²) in [5.74, 6) is 0.936. The predicted octanol–water partition coefficient (Wildman–Crippen LogP) is 3.39. The smallest absolute Gasteiger partial charge is 0.191 e. The van der Waals surface area contributed by atoms with Crippen molar-refractivity contribution in [3.63, 3.8) is 0 Å². The van der Waals surface area contributed by atoms with Gasteiger partial charge < -0.3 is 20.3 Å². The summed E-state index contributed by atoms with van der Waals surface area (Å²) in [6.07, 6.45) is 5.73. The zero-order valence-corrected chi connectivity index (χ0v) is 19.8. The van der Waals surface area contributed by atoms with Crippen molar-refractivity contribution in [1.82, 2.24) is 15.5 Å². The van der Waals surface area contributed by atoms with Crippen LogP contribution in [0.4, 0.5) is 0 Å². The Labute approximate surface area is 187 Å². The first kappa shape index (κ1) is 23.4. The molecule has 1 aromatic rings. The molecule has 5 nitrogen and oxygen atoms in total. The minimum atomic E-state index is 0. The van der Waals surface area contributed by atoms with Gasteiger partial charge in [-0.15, -0.1) is 24.0 Å². The highest BCUT2D eigenvalue weighted by Crippen LogP contribution is 2.34. The molecule has 1 aromatic carbocycles. The molecule has 0 radical (unpaired) electrons. The number of nitrogens with zero attached hydrogens (tertiary/aromatic N) is 2. The minimum absolute atomic E-state index is 0. The Balaban J connectivity index is 0.00000280. The molecule has 158 valence electrons. The molecule has 0 amide bonds. The van der Waals surface area contributed by atoms with Gasteiger partial charge in [0.25, 0.3) is 0 Å². The number of rotatable bonds is 6. The fourth-order valence-electron chi connectivity index (χ4n) is 4.38. The number of ether oxygens (including phenoxy) is 1. The summed E-state index contributed by atoms with van der Waals surface area (Å²) in [5.41, 5.74) is 1.53. The normalized spacial score (nSPS) is 21.0. The lowest BCUT2D eigenvalue weighted by Crippen LogP contribution is -2.52. The second-order valence-corrected chi connectivity index (χ2v) is 7.94. The number of guanidine groups is 1. The quantitative estimate of drug-likeness (QED) is 0.357. The topological polar surface area (TPSA) is 48.9 Å². The second kappa shape index (κ2) is 12.0. The highest BCUT2D eigenvalue weighted by molar-refractivity contribution is 14.0. The Hall–Kier alpha value is -0.860. The van der Waals surface area contributed by atoms with E-state index in [0.29, 0.717) is 6.04 Å². The Morgan fingerprint density at radius 2 is 1.86 bits per heavy atom. The molecule has 2 aliphatic heterocycles. The van der Waals surface area contributed by atoms with Crippen LogP contribution in [0.15, 0.2) is 35.3 Å². The van der Waals surface area contributed by atoms with Crippen molar-refractivity contribution >= 4 is 29.9 Å². The van der Waals surface area contributed by atoms with Gasteiger partial charge in [0.1, 0.15) is 0 Å². The van der Waals surface area contributed by atoms with E-state index in [2.05, 4.69) is 57.8 Å². The zero-order valence-electron chi connectivity index (χ0n) is 17.5. The number of hydrogen-bond donors (Lipinski definition) is 2. The van der Waals surface area contributed by atoms with Crippen LogP contribution in [0.2, 0.25) is 0 Å². The van der Waals surface area contributed by atoms with Crippen LogP contribution in [-0.4, -0.2) is 63.3 Å². The van der Waals surface area contributed by atoms with Crippen LogP contribution in [0.25, 0.3) is 0 Å². The summed E-state index contributed by atoms with van der Waals surface area (Å²) in [4.78, 5) is 7.07. The summed E-state index contributed by atoms with van der Waals surface area (Å²) < 4.78 is 5.65. The van der Waals surface area contributed by atoms with Gasteiger partial charge in [0.05, 0.1) is 0 Å². The van der Waals surface area contributed by atoms with E-state index in [1.807, 2.05) is 7.05 Å². The van der Waals surface area contributed by atoms with Crippen LogP contribution >= 0.6 is 24.0 Å². The first-order chi connectivity index (χ1) is 13.3. The van der Waals surface area contributed by atoms with Crippen LogP contribution in [0, 0.1) is 0 Å². The molecule has 2 heterocycles. The van der Waals surface area contributed by atoms with E-state index in [-0.39, 0.29) is 29.4 Å². The van der Waals surface area contributed by atoms with Gasteiger partial charge in [0, 0.05) is 51.4 Å². The molecule has 0 atom stereocenters. The first-order valence-corrected chi connectivity index (χ1v) is 10.6. The first-order valence-electron chi connectivity index (χ1n) is 10.6. The van der Waals surface area contributed by atoms with E-state index < -0.39 is 0 Å². The van der Waals surface area contributed by atoms with E-state index in [4.69, 9.17) is 4.74 Å². The maximum absolute atomic E-state index is 5.65. The molecule has 0 aliphatic carbocycles. The molecular weight excluding hydrogens is 463 g/mol. The van der Waals surface area contributed by atoms with Gasteiger partial charge in [-0.1, -0.05) is 37.3 Å². The van der Waals surface area contributed by atoms with Crippen molar-refractivity contribution in [2.45, 2.75) is 50.5 Å². The highest BCUT2D eigenvalue weighted by Gasteiger charge is 2.34. The van der Waals surface area contributed by atoms with Crippen molar-refractivity contribution < 1.29 is 4.74 Å². The summed E-state index contributed by atoms with van der Waals surface area (Å²) in [7, 11) is 1.88. The lowest BCUT2D eigenvalue weighted by Gasteiger charge is -2.39. The fourth-order valence-corrected chi connectivity index (χ4v) is 4.38. The SMILES string of the molecule is CCCN1CCC(NC(=NC)NCC2(c3ccccc3)CCOCC2)CC1.I. The second-order valence-electron chi connectivity index (χ2n) is 7.94. The van der Waals surface area contributed by atoms with Crippen molar-refractivity contribution in [3.8, 4) is 0 Å². The van der Waals surface area contributed by atoms with Crippen molar-refractivity contribution in [3.05, 3.63) is 35.9 Å². The van der Waals surface area contributed by atoms with Gasteiger partial charge in [0.2, 0.25) is 0 Å². The number of benzene rings is 1.